The van der Waals surface area contributed by atoms with Gasteiger partial charge >= 0.3 is 0 Å². The normalized spacial score (nSPS) is 10.9. The zero-order valence-electron chi connectivity index (χ0n) is 7.93. The Labute approximate surface area is 93.4 Å². The van der Waals surface area contributed by atoms with Crippen molar-refractivity contribution < 1.29 is 4.39 Å². The molecule has 0 N–H and O–H groups in total. The van der Waals surface area contributed by atoms with Gasteiger partial charge in [0.1, 0.15) is 5.82 Å². The Morgan fingerprint density at radius 2 is 2.14 bits per heavy atom. The van der Waals surface area contributed by atoms with E-state index in [1.807, 2.05) is 7.05 Å². The largest absolute Gasteiger partial charge is 0.301 e. The Morgan fingerprint density at radius 3 is 2.71 bits per heavy atom. The summed E-state index contributed by atoms with van der Waals surface area (Å²) in [5, 5.41) is 0.168. The molecule has 0 aromatic heterocycles. The summed E-state index contributed by atoms with van der Waals surface area (Å²) in [4.78, 5) is 2.05. The van der Waals surface area contributed by atoms with Crippen LogP contribution in [0.1, 0.15) is 5.56 Å². The van der Waals surface area contributed by atoms with Gasteiger partial charge in [0, 0.05) is 19.0 Å². The molecule has 0 amide bonds. The highest BCUT2D eigenvalue weighted by molar-refractivity contribution is 6.30. The second-order valence-electron chi connectivity index (χ2n) is 3.18. The van der Waals surface area contributed by atoms with Crippen LogP contribution >= 0.6 is 23.2 Å². The molecule has 1 aromatic carbocycles. The lowest BCUT2D eigenvalue weighted by molar-refractivity contribution is 0.347. The van der Waals surface area contributed by atoms with E-state index in [0.717, 1.165) is 18.7 Å². The summed E-state index contributed by atoms with van der Waals surface area (Å²) in [5.41, 5.74) is 0.990. The quantitative estimate of drug-likeness (QED) is 0.726. The summed E-state index contributed by atoms with van der Waals surface area (Å²) in [5.74, 6) is 0.209. The molecule has 0 aliphatic rings. The lowest BCUT2D eigenvalue weighted by Crippen LogP contribution is -2.19. The monoisotopic (exact) mass is 235 g/mol. The highest BCUT2D eigenvalue weighted by atomic mass is 35.5. The van der Waals surface area contributed by atoms with Crippen LogP contribution in [0.25, 0.3) is 0 Å². The molecular formula is C10H12Cl2FN. The highest BCUT2D eigenvalue weighted by Crippen LogP contribution is 2.16. The smallest absolute Gasteiger partial charge is 0.141 e. The standard InChI is InChI=1S/C10H12Cl2FN/c1-14(5-4-11)7-8-2-3-10(13)9(12)6-8/h2-3,6H,4-5,7H2,1H3. The molecule has 14 heavy (non-hydrogen) atoms. The number of hydrogen-bond acceptors (Lipinski definition) is 1. The first kappa shape index (κ1) is 11.8. The maximum Gasteiger partial charge on any atom is 0.141 e. The molecule has 1 rings (SSSR count). The molecular weight excluding hydrogens is 224 g/mol. The van der Waals surface area contributed by atoms with E-state index in [-0.39, 0.29) is 10.8 Å². The first-order valence-corrected chi connectivity index (χ1v) is 5.23. The number of alkyl halides is 1. The Morgan fingerprint density at radius 1 is 1.43 bits per heavy atom. The minimum atomic E-state index is -0.379. The zero-order valence-corrected chi connectivity index (χ0v) is 9.45. The second-order valence-corrected chi connectivity index (χ2v) is 3.96. The lowest BCUT2D eigenvalue weighted by atomic mass is 10.2. The van der Waals surface area contributed by atoms with E-state index in [2.05, 4.69) is 4.90 Å². The molecule has 0 bridgehead atoms. The Kier molecular flexibility index (Phi) is 4.66. The van der Waals surface area contributed by atoms with E-state index < -0.39 is 0 Å². The highest BCUT2D eigenvalue weighted by Gasteiger charge is 2.03. The van der Waals surface area contributed by atoms with Gasteiger partial charge in [0.15, 0.2) is 0 Å². The first-order valence-electron chi connectivity index (χ1n) is 4.32. The Bertz CT molecular complexity index is 304. The van der Waals surface area contributed by atoms with E-state index >= 15 is 0 Å². The van der Waals surface area contributed by atoms with Crippen LogP contribution in [0.5, 0.6) is 0 Å². The van der Waals surface area contributed by atoms with Crippen molar-refractivity contribution in [3.63, 3.8) is 0 Å². The van der Waals surface area contributed by atoms with E-state index in [0.29, 0.717) is 5.88 Å². The van der Waals surface area contributed by atoms with Gasteiger partial charge in [-0.25, -0.2) is 4.39 Å². The number of rotatable bonds is 4. The molecule has 4 heteroatoms. The minimum absolute atomic E-state index is 0.168. The van der Waals surface area contributed by atoms with Crippen molar-refractivity contribution >= 4 is 23.2 Å². The number of halogens is 3. The van der Waals surface area contributed by atoms with Gasteiger partial charge in [0.2, 0.25) is 0 Å². The zero-order chi connectivity index (χ0) is 10.6. The summed E-state index contributed by atoms with van der Waals surface area (Å²) in [7, 11) is 1.96. The number of benzene rings is 1. The average Bonchev–Trinajstić information content (AvgIpc) is 2.12. The minimum Gasteiger partial charge on any atom is -0.301 e. The predicted octanol–water partition coefficient (Wildman–Crippen LogP) is 3.15. The second kappa shape index (κ2) is 5.54. The number of nitrogens with zero attached hydrogens (tertiary/aromatic N) is 1. The van der Waals surface area contributed by atoms with Crippen LogP contribution in [-0.2, 0) is 6.54 Å². The maximum absolute atomic E-state index is 12.8. The van der Waals surface area contributed by atoms with Gasteiger partial charge in [0.05, 0.1) is 5.02 Å². The summed E-state index contributed by atoms with van der Waals surface area (Å²) >= 11 is 11.2. The average molecular weight is 236 g/mol. The van der Waals surface area contributed by atoms with Crippen molar-refractivity contribution in [1.82, 2.24) is 4.90 Å². The van der Waals surface area contributed by atoms with Crippen molar-refractivity contribution in [2.75, 3.05) is 19.5 Å². The lowest BCUT2D eigenvalue weighted by Gasteiger charge is -2.14. The fourth-order valence-corrected chi connectivity index (χ4v) is 1.66. The van der Waals surface area contributed by atoms with Gasteiger partial charge in [-0.05, 0) is 24.7 Å². The Balaban J connectivity index is 2.63. The SMILES string of the molecule is CN(CCCl)Cc1ccc(F)c(Cl)c1. The van der Waals surface area contributed by atoms with Crippen LogP contribution in [0.15, 0.2) is 18.2 Å². The first-order chi connectivity index (χ1) is 6.63. The van der Waals surface area contributed by atoms with Crippen LogP contribution in [0.3, 0.4) is 0 Å². The van der Waals surface area contributed by atoms with Gasteiger partial charge in [0.25, 0.3) is 0 Å². The molecule has 0 saturated heterocycles. The molecule has 0 aliphatic carbocycles. The Hall–Kier alpha value is -0.310. The van der Waals surface area contributed by atoms with Crippen molar-refractivity contribution in [2.24, 2.45) is 0 Å². The van der Waals surface area contributed by atoms with Gasteiger partial charge in [-0.1, -0.05) is 17.7 Å². The van der Waals surface area contributed by atoms with Crippen molar-refractivity contribution in [1.29, 1.82) is 0 Å². The van der Waals surface area contributed by atoms with Crippen LogP contribution < -0.4 is 0 Å². The molecule has 1 nitrogen and oxygen atoms in total. The van der Waals surface area contributed by atoms with Crippen LogP contribution in [0.2, 0.25) is 5.02 Å². The molecule has 0 spiro atoms. The molecule has 0 heterocycles. The van der Waals surface area contributed by atoms with Crippen LogP contribution in [-0.4, -0.2) is 24.4 Å². The fraction of sp³-hybridized carbons (Fsp3) is 0.400. The third-order valence-electron chi connectivity index (χ3n) is 1.90. The van der Waals surface area contributed by atoms with Crippen molar-refractivity contribution in [3.05, 3.63) is 34.6 Å². The molecule has 0 atom stereocenters. The van der Waals surface area contributed by atoms with Gasteiger partial charge in [-0.15, -0.1) is 11.6 Å². The fourth-order valence-electron chi connectivity index (χ4n) is 1.17. The molecule has 0 saturated carbocycles. The van der Waals surface area contributed by atoms with Gasteiger partial charge in [-0.3, -0.25) is 0 Å². The third kappa shape index (κ3) is 3.45. The van der Waals surface area contributed by atoms with E-state index in [1.165, 1.54) is 6.07 Å². The summed E-state index contributed by atoms with van der Waals surface area (Å²) in [6, 6.07) is 4.75. The molecule has 0 radical (unpaired) electrons. The van der Waals surface area contributed by atoms with E-state index in [4.69, 9.17) is 23.2 Å². The van der Waals surface area contributed by atoms with Crippen molar-refractivity contribution in [2.45, 2.75) is 6.54 Å². The molecule has 1 aromatic rings. The summed E-state index contributed by atoms with van der Waals surface area (Å²) < 4.78 is 12.8. The molecule has 0 unspecified atom stereocenters. The summed E-state index contributed by atoms with van der Waals surface area (Å²) in [6.45, 7) is 1.53. The van der Waals surface area contributed by atoms with Gasteiger partial charge < -0.3 is 4.90 Å². The molecule has 0 aliphatic heterocycles. The van der Waals surface area contributed by atoms with Crippen molar-refractivity contribution in [3.8, 4) is 0 Å². The molecule has 78 valence electrons. The topological polar surface area (TPSA) is 3.24 Å². The van der Waals surface area contributed by atoms with Crippen LogP contribution in [0, 0.1) is 5.82 Å². The van der Waals surface area contributed by atoms with Crippen LogP contribution in [0.4, 0.5) is 4.39 Å². The van der Waals surface area contributed by atoms with E-state index in [1.54, 1.807) is 12.1 Å². The van der Waals surface area contributed by atoms with E-state index in [9.17, 15) is 4.39 Å². The number of hydrogen-bond donors (Lipinski definition) is 0. The predicted molar refractivity (Wildman–Crippen MR) is 58.5 cm³/mol. The molecule has 0 fully saturated rings. The maximum atomic E-state index is 12.8. The van der Waals surface area contributed by atoms with Gasteiger partial charge in [-0.2, -0.15) is 0 Å². The third-order valence-corrected chi connectivity index (χ3v) is 2.36. The summed E-state index contributed by atoms with van der Waals surface area (Å²) in [6.07, 6.45) is 0.